The largest absolute Gasteiger partial charge is 0.283 e. The fourth-order valence-corrected chi connectivity index (χ4v) is 1.91. The highest BCUT2D eigenvalue weighted by Gasteiger charge is 2.23. The van der Waals surface area contributed by atoms with Crippen molar-refractivity contribution in [1.82, 2.24) is 4.90 Å². The third-order valence-electron chi connectivity index (χ3n) is 2.87. The van der Waals surface area contributed by atoms with Crippen molar-refractivity contribution >= 4 is 11.8 Å². The Morgan fingerprint density at radius 2 is 2.06 bits per heavy atom. The molecule has 0 aromatic heterocycles. The highest BCUT2D eigenvalue weighted by Crippen LogP contribution is 2.13. The number of aryl methyl sites for hydroxylation is 1. The topological polar surface area (TPSA) is 37.4 Å². The Morgan fingerprint density at radius 3 is 2.78 bits per heavy atom. The quantitative estimate of drug-likeness (QED) is 0.822. The second-order valence-corrected chi connectivity index (χ2v) is 4.24. The number of amides is 2. The highest BCUT2D eigenvalue weighted by molar-refractivity contribution is 5.95. The van der Waals surface area contributed by atoms with Crippen molar-refractivity contribution in [3.05, 3.63) is 35.9 Å². The lowest BCUT2D eigenvalue weighted by Crippen LogP contribution is -2.40. The zero-order chi connectivity index (χ0) is 16.4. The fraction of sp³-hybridized carbons (Fsp3) is 0.467. The molecule has 0 radical (unpaired) electrons. The number of hydrogen-bond acceptors (Lipinski definition) is 2. The predicted octanol–water partition coefficient (Wildman–Crippen LogP) is 2.55. The van der Waals surface area contributed by atoms with Gasteiger partial charge in [0, 0.05) is 24.9 Å². The molecule has 3 nitrogen and oxygen atoms in total. The second kappa shape index (κ2) is 6.34. The van der Waals surface area contributed by atoms with Crippen LogP contribution in [0, 0.1) is 0 Å². The van der Waals surface area contributed by atoms with E-state index in [4.69, 9.17) is 5.48 Å². The first kappa shape index (κ1) is 8.46. The molecule has 18 heavy (non-hydrogen) atoms. The van der Waals surface area contributed by atoms with Crippen molar-refractivity contribution in [3.63, 3.8) is 0 Å². The zero-order valence-electron chi connectivity index (χ0n) is 14.2. The van der Waals surface area contributed by atoms with Gasteiger partial charge in [0.2, 0.25) is 11.8 Å². The van der Waals surface area contributed by atoms with E-state index in [-0.39, 0.29) is 11.5 Å². The Labute approximate surface area is 113 Å². The summed E-state index contributed by atoms with van der Waals surface area (Å²) in [5.74, 6) is -0.943. The molecule has 0 saturated carbocycles. The number of rotatable bonds is 4. The summed E-state index contributed by atoms with van der Waals surface area (Å²) in [4.78, 5) is 25.0. The normalized spacial score (nSPS) is 20.7. The second-order valence-electron chi connectivity index (χ2n) is 4.24. The molecule has 0 spiro atoms. The van der Waals surface area contributed by atoms with Gasteiger partial charge in [0.25, 0.3) is 0 Å². The van der Waals surface area contributed by atoms with Crippen LogP contribution in [0.15, 0.2) is 30.3 Å². The summed E-state index contributed by atoms with van der Waals surface area (Å²) in [7, 11) is 0. The van der Waals surface area contributed by atoms with Crippen molar-refractivity contribution in [3.8, 4) is 0 Å². The number of piperidine rings is 1. The van der Waals surface area contributed by atoms with E-state index in [0.717, 1.165) is 11.3 Å². The summed E-state index contributed by atoms with van der Waals surface area (Å²) in [5, 5.41) is 0. The Hall–Kier alpha value is -1.64. The van der Waals surface area contributed by atoms with Crippen LogP contribution in [0.4, 0.5) is 0 Å². The molecule has 0 unspecified atom stereocenters. The fourth-order valence-electron chi connectivity index (χ4n) is 1.91. The summed E-state index contributed by atoms with van der Waals surface area (Å²) < 4.78 is 32.2. The number of carbonyl (C=O) groups is 2. The molecule has 1 aliphatic heterocycles. The number of benzene rings is 1. The van der Waals surface area contributed by atoms with Gasteiger partial charge in [0.15, 0.2) is 0 Å². The van der Waals surface area contributed by atoms with E-state index in [1.54, 1.807) is 18.2 Å². The average molecular weight is 249 g/mol. The number of likely N-dealkylation sites (tertiary alicyclic amines) is 1. The molecular formula is C15H19NO2. The minimum atomic E-state index is -2.40. The van der Waals surface area contributed by atoms with E-state index < -0.39 is 25.1 Å². The van der Waals surface area contributed by atoms with Crippen LogP contribution in [0.5, 0.6) is 0 Å². The van der Waals surface area contributed by atoms with Gasteiger partial charge >= 0.3 is 0 Å². The van der Waals surface area contributed by atoms with Crippen molar-refractivity contribution in [2.45, 2.75) is 38.4 Å². The molecule has 3 heteroatoms. The van der Waals surface area contributed by atoms with Crippen molar-refractivity contribution in [2.24, 2.45) is 0 Å². The number of carbonyl (C=O) groups excluding carboxylic acids is 2. The lowest BCUT2D eigenvalue weighted by molar-refractivity contribution is -0.146. The average Bonchev–Trinajstić information content (AvgIpc) is 2.48. The molecule has 0 N–H and O–H groups in total. The molecule has 1 aliphatic rings. The smallest absolute Gasteiger partial charge is 0.229 e. The molecular weight excluding hydrogens is 226 g/mol. The molecule has 0 bridgehead atoms. The van der Waals surface area contributed by atoms with Crippen molar-refractivity contribution in [2.75, 3.05) is 6.54 Å². The van der Waals surface area contributed by atoms with Gasteiger partial charge in [-0.25, -0.2) is 0 Å². The zero-order valence-corrected chi connectivity index (χ0v) is 10.2. The molecule has 0 atom stereocenters. The molecule has 2 amide bonds. The summed E-state index contributed by atoms with van der Waals surface area (Å²) in [6, 6.07) is 7.95. The van der Waals surface area contributed by atoms with Crippen LogP contribution in [0.2, 0.25) is 0 Å². The molecule has 1 fully saturated rings. The third-order valence-corrected chi connectivity index (χ3v) is 2.87. The van der Waals surface area contributed by atoms with Gasteiger partial charge in [-0.1, -0.05) is 30.3 Å². The van der Waals surface area contributed by atoms with Crippen LogP contribution in [0.3, 0.4) is 0 Å². The van der Waals surface area contributed by atoms with Crippen LogP contribution in [-0.2, 0) is 16.0 Å². The van der Waals surface area contributed by atoms with Gasteiger partial charge in [-0.3, -0.25) is 14.5 Å². The molecule has 1 aromatic rings. The predicted molar refractivity (Wildman–Crippen MR) is 70.0 cm³/mol. The summed E-state index contributed by atoms with van der Waals surface area (Å²) >= 11 is 0. The first-order chi connectivity index (χ1) is 10.3. The van der Waals surface area contributed by atoms with Crippen molar-refractivity contribution in [1.29, 1.82) is 0 Å². The maximum atomic E-state index is 12.2. The molecule has 96 valence electrons. The van der Waals surface area contributed by atoms with Gasteiger partial charge in [0.1, 0.15) is 0 Å². The summed E-state index contributed by atoms with van der Waals surface area (Å²) in [6.07, 6.45) is -3.63. The molecule has 2 rings (SSSR count). The van der Waals surface area contributed by atoms with E-state index in [1.165, 1.54) is 12.1 Å². The number of nitrogens with zero attached hydrogens (tertiary/aromatic N) is 1. The standard InChI is InChI=1S/C15H19NO2/c17-14-10-4-5-12-16(14)15(18)11-6-9-13-7-2-1-3-8-13/h1-3,7-8H,4-6,9-12H2/i6D2,9D2. The number of hydrogen-bond donors (Lipinski definition) is 0. The highest BCUT2D eigenvalue weighted by atomic mass is 16.2. The monoisotopic (exact) mass is 249 g/mol. The summed E-state index contributed by atoms with van der Waals surface area (Å²) in [5.41, 5.74) is 0.178. The third kappa shape index (κ3) is 3.42. The van der Waals surface area contributed by atoms with Gasteiger partial charge in [-0.2, -0.15) is 0 Å². The van der Waals surface area contributed by atoms with Gasteiger partial charge in [-0.15, -0.1) is 0 Å². The van der Waals surface area contributed by atoms with E-state index in [1.807, 2.05) is 0 Å². The Bertz CT molecular complexity index is 560. The van der Waals surface area contributed by atoms with E-state index in [9.17, 15) is 9.59 Å². The molecule has 1 heterocycles. The van der Waals surface area contributed by atoms with E-state index in [0.29, 0.717) is 19.4 Å². The molecule has 1 aromatic carbocycles. The molecule has 0 aliphatic carbocycles. The first-order valence-corrected chi connectivity index (χ1v) is 6.14. The van der Waals surface area contributed by atoms with Gasteiger partial charge in [0.05, 0.1) is 0 Å². The lowest BCUT2D eigenvalue weighted by atomic mass is 10.1. The number of imide groups is 1. The SMILES string of the molecule is [2H]C([2H])(CC(=O)N1CCCCC1=O)C([2H])([2H])c1ccccc1. The lowest BCUT2D eigenvalue weighted by Gasteiger charge is -2.24. The maximum Gasteiger partial charge on any atom is 0.229 e. The van der Waals surface area contributed by atoms with Crippen LogP contribution in [0.1, 0.15) is 43.1 Å². The Morgan fingerprint density at radius 1 is 1.28 bits per heavy atom. The van der Waals surface area contributed by atoms with Gasteiger partial charge < -0.3 is 0 Å². The van der Waals surface area contributed by atoms with E-state index >= 15 is 0 Å². The molecule has 1 saturated heterocycles. The van der Waals surface area contributed by atoms with Crippen LogP contribution < -0.4 is 0 Å². The van der Waals surface area contributed by atoms with Crippen LogP contribution in [-0.4, -0.2) is 23.3 Å². The van der Waals surface area contributed by atoms with Crippen LogP contribution in [0.25, 0.3) is 0 Å². The van der Waals surface area contributed by atoms with Gasteiger partial charge in [-0.05, 0) is 31.2 Å². The van der Waals surface area contributed by atoms with Crippen molar-refractivity contribution < 1.29 is 15.1 Å². The van der Waals surface area contributed by atoms with E-state index in [2.05, 4.69) is 0 Å². The Kier molecular flexibility index (Phi) is 2.98. The minimum absolute atomic E-state index is 0.178. The van der Waals surface area contributed by atoms with Crippen LogP contribution >= 0.6 is 0 Å². The first-order valence-electron chi connectivity index (χ1n) is 8.14. The summed E-state index contributed by atoms with van der Waals surface area (Å²) in [6.45, 7) is 0.294. The Balaban J connectivity index is 2.16. The maximum absolute atomic E-state index is 12.2. The minimum Gasteiger partial charge on any atom is -0.283 e.